The van der Waals surface area contributed by atoms with Gasteiger partial charge in [0.2, 0.25) is 0 Å². The van der Waals surface area contributed by atoms with Crippen molar-refractivity contribution < 1.29 is 19.1 Å². The number of ether oxygens (including phenoxy) is 2. The number of anilines is 1. The first-order valence-corrected chi connectivity index (χ1v) is 8.39. The topological polar surface area (TPSA) is 64.6 Å². The molecular formula is C18H17Cl2NO4. The second-order valence-electron chi connectivity index (χ2n) is 5.16. The average Bonchev–Trinajstić information content (AvgIpc) is 2.58. The fraction of sp³-hybridized carbons (Fsp3) is 0.222. The van der Waals surface area contributed by atoms with E-state index < -0.39 is 0 Å². The predicted octanol–water partition coefficient (Wildman–Crippen LogP) is 4.58. The lowest BCUT2D eigenvalue weighted by Crippen LogP contribution is -2.20. The largest absolute Gasteiger partial charge is 0.484 e. The molecule has 0 aliphatic rings. The van der Waals surface area contributed by atoms with E-state index in [0.717, 1.165) is 6.42 Å². The number of hydrogen-bond donors (Lipinski definition) is 1. The molecule has 2 aromatic rings. The Morgan fingerprint density at radius 2 is 1.68 bits per heavy atom. The molecule has 1 N–H and O–H groups in total. The first kappa shape index (κ1) is 19.1. The van der Waals surface area contributed by atoms with E-state index in [-0.39, 0.29) is 18.5 Å². The van der Waals surface area contributed by atoms with Crippen LogP contribution >= 0.6 is 23.2 Å². The summed E-state index contributed by atoms with van der Waals surface area (Å²) >= 11 is 11.7. The number of nitrogens with one attached hydrogen (secondary N) is 1. The van der Waals surface area contributed by atoms with Crippen LogP contribution in [0.2, 0.25) is 10.0 Å². The van der Waals surface area contributed by atoms with Gasteiger partial charge in [-0.25, -0.2) is 4.79 Å². The van der Waals surface area contributed by atoms with Crippen LogP contribution in [0.1, 0.15) is 23.7 Å². The molecule has 7 heteroatoms. The molecule has 0 heterocycles. The molecule has 0 aliphatic heterocycles. The van der Waals surface area contributed by atoms with Gasteiger partial charge in [0, 0.05) is 15.7 Å². The Labute approximate surface area is 155 Å². The highest BCUT2D eigenvalue weighted by molar-refractivity contribution is 6.34. The zero-order valence-corrected chi connectivity index (χ0v) is 15.1. The molecule has 1 amide bonds. The van der Waals surface area contributed by atoms with Crippen LogP contribution in [0.3, 0.4) is 0 Å². The van der Waals surface area contributed by atoms with E-state index in [4.69, 9.17) is 32.7 Å². The summed E-state index contributed by atoms with van der Waals surface area (Å²) in [5.41, 5.74) is 0.973. The molecule has 0 radical (unpaired) electrons. The zero-order valence-electron chi connectivity index (χ0n) is 13.6. The maximum absolute atomic E-state index is 11.9. The molecule has 0 aliphatic carbocycles. The van der Waals surface area contributed by atoms with E-state index in [1.165, 1.54) is 0 Å². The highest BCUT2D eigenvalue weighted by Gasteiger charge is 2.08. The predicted molar refractivity (Wildman–Crippen MR) is 97.6 cm³/mol. The SMILES string of the molecule is CCCOC(=O)c1ccc(NC(=O)COc2cc(Cl)cc(Cl)c2)cc1. The lowest BCUT2D eigenvalue weighted by atomic mass is 10.2. The first-order chi connectivity index (χ1) is 12.0. The molecule has 2 rings (SSSR count). The molecule has 0 unspecified atom stereocenters. The van der Waals surface area contributed by atoms with Crippen LogP contribution in [-0.4, -0.2) is 25.1 Å². The van der Waals surface area contributed by atoms with E-state index in [2.05, 4.69) is 5.32 Å². The minimum absolute atomic E-state index is 0.197. The molecule has 25 heavy (non-hydrogen) atoms. The second-order valence-corrected chi connectivity index (χ2v) is 6.03. The molecule has 132 valence electrons. The van der Waals surface area contributed by atoms with E-state index in [1.807, 2.05) is 6.92 Å². The van der Waals surface area contributed by atoms with Gasteiger partial charge in [-0.15, -0.1) is 0 Å². The van der Waals surface area contributed by atoms with Crippen LogP contribution < -0.4 is 10.1 Å². The van der Waals surface area contributed by atoms with Gasteiger partial charge in [-0.05, 0) is 48.9 Å². The van der Waals surface area contributed by atoms with Gasteiger partial charge >= 0.3 is 5.97 Å². The lowest BCUT2D eigenvalue weighted by Gasteiger charge is -2.09. The van der Waals surface area contributed by atoms with Crippen molar-refractivity contribution in [2.45, 2.75) is 13.3 Å². The standard InChI is InChI=1S/C18H17Cl2NO4/c1-2-7-24-18(23)12-3-5-15(6-4-12)21-17(22)11-25-16-9-13(19)8-14(20)10-16/h3-6,8-10H,2,7,11H2,1H3,(H,21,22). The Balaban J connectivity index is 1.86. The zero-order chi connectivity index (χ0) is 18.2. The molecule has 5 nitrogen and oxygen atoms in total. The normalized spacial score (nSPS) is 10.2. The summed E-state index contributed by atoms with van der Waals surface area (Å²) < 4.78 is 10.4. The minimum Gasteiger partial charge on any atom is -0.484 e. The molecule has 0 atom stereocenters. The highest BCUT2D eigenvalue weighted by Crippen LogP contribution is 2.24. The summed E-state index contributed by atoms with van der Waals surface area (Å²) in [5.74, 6) is -0.333. The number of rotatable bonds is 7. The van der Waals surface area contributed by atoms with Crippen molar-refractivity contribution in [2.75, 3.05) is 18.5 Å². The second kappa shape index (κ2) is 9.30. The average molecular weight is 382 g/mol. The third-order valence-electron chi connectivity index (χ3n) is 3.05. The Kier molecular flexibility index (Phi) is 7.10. The lowest BCUT2D eigenvalue weighted by molar-refractivity contribution is -0.118. The third-order valence-corrected chi connectivity index (χ3v) is 3.48. The Morgan fingerprint density at radius 3 is 2.28 bits per heavy atom. The van der Waals surface area contributed by atoms with Crippen molar-refractivity contribution in [3.05, 3.63) is 58.1 Å². The van der Waals surface area contributed by atoms with Crippen LogP contribution in [0.15, 0.2) is 42.5 Å². The Bertz CT molecular complexity index is 727. The molecule has 0 fully saturated rings. The number of hydrogen-bond acceptors (Lipinski definition) is 4. The molecule has 0 saturated carbocycles. The molecule has 0 bridgehead atoms. The van der Waals surface area contributed by atoms with Crippen LogP contribution in [0, 0.1) is 0 Å². The van der Waals surface area contributed by atoms with Gasteiger partial charge in [0.15, 0.2) is 6.61 Å². The van der Waals surface area contributed by atoms with Gasteiger partial charge < -0.3 is 14.8 Å². The van der Waals surface area contributed by atoms with E-state index in [9.17, 15) is 9.59 Å². The van der Waals surface area contributed by atoms with E-state index in [0.29, 0.717) is 33.7 Å². The number of halogens is 2. The van der Waals surface area contributed by atoms with Crippen molar-refractivity contribution in [2.24, 2.45) is 0 Å². The summed E-state index contributed by atoms with van der Waals surface area (Å²) in [7, 11) is 0. The summed E-state index contributed by atoms with van der Waals surface area (Å²) in [5, 5.41) is 3.52. The fourth-order valence-electron chi connectivity index (χ4n) is 1.93. The summed E-state index contributed by atoms with van der Waals surface area (Å²) in [4.78, 5) is 23.6. The van der Waals surface area contributed by atoms with E-state index >= 15 is 0 Å². The molecule has 2 aromatic carbocycles. The smallest absolute Gasteiger partial charge is 0.338 e. The summed E-state index contributed by atoms with van der Waals surface area (Å²) in [6, 6.07) is 11.1. The first-order valence-electron chi connectivity index (χ1n) is 7.64. The van der Waals surface area contributed by atoms with Gasteiger partial charge in [0.25, 0.3) is 5.91 Å². The fourth-order valence-corrected chi connectivity index (χ4v) is 2.43. The number of amides is 1. The number of esters is 1. The summed E-state index contributed by atoms with van der Waals surface area (Å²) in [6.07, 6.45) is 0.762. The molecular weight excluding hydrogens is 365 g/mol. The molecule has 0 aromatic heterocycles. The van der Waals surface area contributed by atoms with Gasteiger partial charge in [-0.1, -0.05) is 30.1 Å². The van der Waals surface area contributed by atoms with Crippen LogP contribution in [0.25, 0.3) is 0 Å². The van der Waals surface area contributed by atoms with Crippen LogP contribution in [0.5, 0.6) is 5.75 Å². The van der Waals surface area contributed by atoms with Crippen molar-refractivity contribution in [1.29, 1.82) is 0 Å². The highest BCUT2D eigenvalue weighted by atomic mass is 35.5. The Hall–Kier alpha value is -2.24. The maximum atomic E-state index is 11.9. The molecule has 0 saturated heterocycles. The Morgan fingerprint density at radius 1 is 1.04 bits per heavy atom. The number of carbonyl (C=O) groups excluding carboxylic acids is 2. The van der Waals surface area contributed by atoms with Crippen LogP contribution in [-0.2, 0) is 9.53 Å². The third kappa shape index (κ3) is 6.29. The van der Waals surface area contributed by atoms with Gasteiger partial charge in [0.1, 0.15) is 5.75 Å². The van der Waals surface area contributed by atoms with Crippen molar-refractivity contribution in [3.8, 4) is 5.75 Å². The van der Waals surface area contributed by atoms with Crippen molar-refractivity contribution in [1.82, 2.24) is 0 Å². The number of benzene rings is 2. The number of carbonyl (C=O) groups is 2. The summed E-state index contributed by atoms with van der Waals surface area (Å²) in [6.45, 7) is 2.10. The quantitative estimate of drug-likeness (QED) is 0.712. The van der Waals surface area contributed by atoms with E-state index in [1.54, 1.807) is 42.5 Å². The van der Waals surface area contributed by atoms with Crippen molar-refractivity contribution >= 4 is 40.8 Å². The van der Waals surface area contributed by atoms with Gasteiger partial charge in [-0.3, -0.25) is 4.79 Å². The van der Waals surface area contributed by atoms with Gasteiger partial charge in [-0.2, -0.15) is 0 Å². The minimum atomic E-state index is -0.388. The molecule has 0 spiro atoms. The van der Waals surface area contributed by atoms with Crippen molar-refractivity contribution in [3.63, 3.8) is 0 Å². The van der Waals surface area contributed by atoms with Crippen LogP contribution in [0.4, 0.5) is 5.69 Å². The monoisotopic (exact) mass is 381 g/mol. The maximum Gasteiger partial charge on any atom is 0.338 e. The van der Waals surface area contributed by atoms with Gasteiger partial charge in [0.05, 0.1) is 12.2 Å².